The van der Waals surface area contributed by atoms with Crippen LogP contribution >= 0.6 is 0 Å². The van der Waals surface area contributed by atoms with E-state index in [-0.39, 0.29) is 18.3 Å². The lowest BCUT2D eigenvalue weighted by atomic mass is 10.1. The predicted octanol–water partition coefficient (Wildman–Crippen LogP) is 3.08. The second-order valence-electron chi connectivity index (χ2n) is 8.70. The minimum absolute atomic E-state index is 0.0516. The molecule has 1 saturated heterocycles. The highest BCUT2D eigenvalue weighted by Crippen LogP contribution is 2.32. The highest BCUT2D eigenvalue weighted by Gasteiger charge is 2.30. The summed E-state index contributed by atoms with van der Waals surface area (Å²) in [6.07, 6.45) is 4.63. The fourth-order valence-electron chi connectivity index (χ4n) is 4.43. The molecule has 7 nitrogen and oxygen atoms in total. The molecule has 3 atom stereocenters. The van der Waals surface area contributed by atoms with Gasteiger partial charge in [-0.25, -0.2) is 4.39 Å². The third-order valence-electron chi connectivity index (χ3n) is 6.22. The van der Waals surface area contributed by atoms with Gasteiger partial charge in [0.2, 0.25) is 5.75 Å². The van der Waals surface area contributed by atoms with E-state index < -0.39 is 29.4 Å². The van der Waals surface area contributed by atoms with Crippen LogP contribution in [0.4, 0.5) is 14.5 Å². The molecule has 0 bridgehead atoms. The van der Waals surface area contributed by atoms with Gasteiger partial charge in [0.25, 0.3) is 0 Å². The number of benzene rings is 1. The third-order valence-corrected chi connectivity index (χ3v) is 7.80. The Morgan fingerprint density at radius 3 is 2.70 bits per heavy atom. The molecule has 10 heteroatoms. The van der Waals surface area contributed by atoms with E-state index in [1.807, 2.05) is 9.21 Å². The number of ether oxygens (including phenoxy) is 1. The zero-order valence-electron chi connectivity index (χ0n) is 18.8. The number of hydrogen-bond acceptors (Lipinski definition) is 6. The number of anilines is 1. The molecule has 2 aliphatic rings. The molecule has 0 N–H and O–H groups in total. The normalized spacial score (nSPS) is 22.5. The summed E-state index contributed by atoms with van der Waals surface area (Å²) in [5, 5.41) is 4.31. The molecule has 3 unspecified atom stereocenters. The van der Waals surface area contributed by atoms with Gasteiger partial charge in [-0.3, -0.25) is 9.18 Å². The van der Waals surface area contributed by atoms with Crippen LogP contribution in [0.2, 0.25) is 0 Å². The summed E-state index contributed by atoms with van der Waals surface area (Å²) >= 11 is -1.21. The van der Waals surface area contributed by atoms with Gasteiger partial charge in [-0.1, -0.05) is 13.0 Å². The van der Waals surface area contributed by atoms with Gasteiger partial charge in [-0.2, -0.15) is 9.78 Å². The lowest BCUT2D eigenvalue weighted by Gasteiger charge is -2.36. The summed E-state index contributed by atoms with van der Waals surface area (Å²) in [4.78, 5) is 15.5. The number of rotatable bonds is 8. The van der Waals surface area contributed by atoms with E-state index in [0.29, 0.717) is 49.2 Å². The van der Waals surface area contributed by atoms with Crippen molar-refractivity contribution in [3.05, 3.63) is 46.6 Å². The molecule has 0 radical (unpaired) electrons. The van der Waals surface area contributed by atoms with E-state index in [2.05, 4.69) is 12.0 Å². The minimum atomic E-state index is -1.21. The fraction of sp³-hybridized carbons (Fsp3) is 0.565. The molecule has 1 aliphatic heterocycles. The van der Waals surface area contributed by atoms with E-state index in [4.69, 9.17) is 4.74 Å². The molecule has 4 rings (SSSR count). The summed E-state index contributed by atoms with van der Waals surface area (Å²) < 4.78 is 47.8. The van der Waals surface area contributed by atoms with Gasteiger partial charge in [-0.15, -0.1) is 4.31 Å². The molecule has 0 spiro atoms. The number of hydrogen-bond donors (Lipinski definition) is 0. The van der Waals surface area contributed by atoms with Gasteiger partial charge in [0.05, 0.1) is 37.8 Å². The van der Waals surface area contributed by atoms with Crippen molar-refractivity contribution in [1.82, 2.24) is 14.1 Å². The highest BCUT2D eigenvalue weighted by molar-refractivity contribution is 7.89. The Morgan fingerprint density at radius 2 is 2.03 bits per heavy atom. The lowest BCUT2D eigenvalue weighted by molar-refractivity contribution is 0.201. The number of nitrogens with zero attached hydrogens (tertiary/aromatic N) is 4. The number of halogens is 2. The maximum Gasteiger partial charge on any atom is 0.316 e. The van der Waals surface area contributed by atoms with Crippen molar-refractivity contribution < 1.29 is 18.1 Å². The smallest absolute Gasteiger partial charge is 0.316 e. The second-order valence-corrected chi connectivity index (χ2v) is 10.3. The molecule has 1 aromatic heterocycles. The molecule has 1 aromatic carbocycles. The average molecular weight is 481 g/mol. The van der Waals surface area contributed by atoms with Gasteiger partial charge in [0, 0.05) is 30.9 Å². The van der Waals surface area contributed by atoms with Gasteiger partial charge in [0.1, 0.15) is 17.3 Å². The molecular weight excluding hydrogens is 450 g/mol. The van der Waals surface area contributed by atoms with Crippen molar-refractivity contribution in [3.63, 3.8) is 0 Å². The minimum Gasteiger partial charge on any atom is -0.598 e. The fourth-order valence-corrected chi connectivity index (χ4v) is 5.61. The van der Waals surface area contributed by atoms with E-state index in [9.17, 15) is 18.1 Å². The number of piperazine rings is 1. The first-order valence-corrected chi connectivity index (χ1v) is 12.7. The van der Waals surface area contributed by atoms with Crippen molar-refractivity contribution >= 4 is 17.0 Å². The molecule has 0 amide bonds. The zero-order chi connectivity index (χ0) is 23.4. The van der Waals surface area contributed by atoms with Crippen LogP contribution in [0.25, 0.3) is 5.69 Å². The molecule has 2 fully saturated rings. The SMILES string of the molecule is CC1CCC(Oc2c(N3CCN([S+]([O-])CCCF)CC3)cnn(-c3cccc(F)c3)c2=O)C1. The van der Waals surface area contributed by atoms with Crippen LogP contribution in [0, 0.1) is 11.7 Å². The maximum atomic E-state index is 13.8. The quantitative estimate of drug-likeness (QED) is 0.541. The van der Waals surface area contributed by atoms with Gasteiger partial charge in [0.15, 0.2) is 0 Å². The summed E-state index contributed by atoms with van der Waals surface area (Å²) in [7, 11) is 0. The summed E-state index contributed by atoms with van der Waals surface area (Å²) in [6, 6.07) is 5.75. The van der Waals surface area contributed by atoms with Gasteiger partial charge < -0.3 is 14.2 Å². The standard InChI is InChI=1S/C23H30F2N4O3S/c1-17-6-7-20(14-17)32-22-21(27-9-11-28(12-10-27)33(31)13-3-8-24)16-26-29(23(22)30)19-5-2-4-18(25)15-19/h2,4-5,15-17,20H,3,6-14H2,1H3. The second kappa shape index (κ2) is 10.8. The van der Waals surface area contributed by atoms with E-state index in [1.54, 1.807) is 12.3 Å². The molecule has 2 aromatic rings. The predicted molar refractivity (Wildman–Crippen MR) is 125 cm³/mol. The van der Waals surface area contributed by atoms with Crippen molar-refractivity contribution in [2.24, 2.45) is 5.92 Å². The summed E-state index contributed by atoms with van der Waals surface area (Å²) in [5.74, 6) is 0.624. The summed E-state index contributed by atoms with van der Waals surface area (Å²) in [5.41, 5.74) is 0.511. The van der Waals surface area contributed by atoms with Crippen molar-refractivity contribution in [2.45, 2.75) is 38.7 Å². The molecule has 1 aliphatic carbocycles. The van der Waals surface area contributed by atoms with Crippen LogP contribution in [-0.2, 0) is 11.4 Å². The van der Waals surface area contributed by atoms with E-state index in [1.165, 1.54) is 22.9 Å². The Labute approximate surface area is 195 Å². The first-order chi connectivity index (χ1) is 16.0. The first kappa shape index (κ1) is 24.0. The molecule has 180 valence electrons. The van der Waals surface area contributed by atoms with Crippen LogP contribution in [0.5, 0.6) is 5.75 Å². The van der Waals surface area contributed by atoms with Crippen LogP contribution in [0.3, 0.4) is 0 Å². The number of alkyl halides is 1. The van der Waals surface area contributed by atoms with Crippen LogP contribution in [0.15, 0.2) is 35.3 Å². The highest BCUT2D eigenvalue weighted by atomic mass is 32.2. The molecule has 33 heavy (non-hydrogen) atoms. The number of aromatic nitrogens is 2. The van der Waals surface area contributed by atoms with Crippen molar-refractivity contribution in [1.29, 1.82) is 0 Å². The Morgan fingerprint density at radius 1 is 1.24 bits per heavy atom. The van der Waals surface area contributed by atoms with Gasteiger partial charge in [-0.05, 0) is 43.4 Å². The molecule has 1 saturated carbocycles. The van der Waals surface area contributed by atoms with Crippen LogP contribution in [0.1, 0.15) is 32.6 Å². The van der Waals surface area contributed by atoms with Crippen molar-refractivity contribution in [2.75, 3.05) is 43.5 Å². The van der Waals surface area contributed by atoms with Gasteiger partial charge >= 0.3 is 5.56 Å². The van der Waals surface area contributed by atoms with E-state index in [0.717, 1.165) is 19.3 Å². The first-order valence-electron chi connectivity index (χ1n) is 11.5. The summed E-state index contributed by atoms with van der Waals surface area (Å²) in [6.45, 7) is 3.86. The monoisotopic (exact) mass is 480 g/mol. The van der Waals surface area contributed by atoms with Crippen LogP contribution in [-0.4, -0.2) is 63.3 Å². The zero-order valence-corrected chi connectivity index (χ0v) is 19.6. The average Bonchev–Trinajstić information content (AvgIpc) is 3.23. The molecular formula is C23H30F2N4O3S. The third kappa shape index (κ3) is 5.67. The Kier molecular flexibility index (Phi) is 7.87. The van der Waals surface area contributed by atoms with E-state index >= 15 is 0 Å². The Hall–Kier alpha value is -2.17. The topological polar surface area (TPSA) is 73.7 Å². The van der Waals surface area contributed by atoms with Crippen molar-refractivity contribution in [3.8, 4) is 11.4 Å². The lowest BCUT2D eigenvalue weighted by Crippen LogP contribution is -2.49. The molecule has 2 heterocycles. The Bertz CT molecular complexity index is 1000. The Balaban J connectivity index is 1.59. The van der Waals surface area contributed by atoms with Crippen LogP contribution < -0.4 is 15.2 Å². The largest absolute Gasteiger partial charge is 0.598 e. The maximum absolute atomic E-state index is 13.8.